The molecule has 0 radical (unpaired) electrons. The van der Waals surface area contributed by atoms with Crippen molar-refractivity contribution in [1.82, 2.24) is 15.2 Å². The monoisotopic (exact) mass is 447 g/mol. The molecule has 2 heterocycles. The van der Waals surface area contributed by atoms with Gasteiger partial charge < -0.3 is 19.7 Å². The fraction of sp³-hybridized carbons (Fsp3) is 0.143. The number of imide groups is 1. The Bertz CT molecular complexity index is 1290. The lowest BCUT2D eigenvalue weighted by Gasteiger charge is -2.20. The van der Waals surface area contributed by atoms with E-state index in [2.05, 4.69) is 21.9 Å². The molecule has 1 atom stereocenters. The van der Waals surface area contributed by atoms with Gasteiger partial charge in [0.05, 0.1) is 6.54 Å². The lowest BCUT2D eigenvalue weighted by Crippen LogP contribution is -2.49. The number of fused-ring (bicyclic) bond motifs is 1. The molecule has 3 amide bonds. The van der Waals surface area contributed by atoms with Crippen molar-refractivity contribution in [2.24, 2.45) is 0 Å². The number of halogens is 4. The lowest BCUT2D eigenvalue weighted by molar-refractivity contribution is -0.122. The molecule has 0 saturated carbocycles. The van der Waals surface area contributed by atoms with E-state index in [4.69, 9.17) is 0 Å². The van der Waals surface area contributed by atoms with Gasteiger partial charge in [-0.3, -0.25) is 10.1 Å². The molecule has 11 heteroatoms. The Hall–Kier alpha value is -4.20. The minimum Gasteiger partial charge on any atom is -0.494 e. The van der Waals surface area contributed by atoms with Crippen LogP contribution in [0.1, 0.15) is 5.56 Å². The standard InChI is InChI=1S/C21H13F4N3O4/c22-13-5-11(6-14(23)7-13)3-4-21(18(30)26-20(31)27-21)10-28-9-12-1-2-15(32-19(24)25)8-16(12)17(28)29/h1-2,5-9,19,29H,10H2,(H2,26,27,30,31)/t21-/m0/s1. The summed E-state index contributed by atoms with van der Waals surface area (Å²) in [6, 6.07) is 5.59. The number of nitrogens with one attached hydrogen (secondary N) is 2. The average Bonchev–Trinajstić information content (AvgIpc) is 3.15. The van der Waals surface area contributed by atoms with E-state index >= 15 is 0 Å². The first kappa shape index (κ1) is 21.0. The van der Waals surface area contributed by atoms with Gasteiger partial charge in [0.25, 0.3) is 5.91 Å². The van der Waals surface area contributed by atoms with Gasteiger partial charge in [-0.1, -0.05) is 11.8 Å². The van der Waals surface area contributed by atoms with Crippen molar-refractivity contribution in [3.8, 4) is 23.5 Å². The predicted molar refractivity (Wildman–Crippen MR) is 103 cm³/mol. The third-order valence-electron chi connectivity index (χ3n) is 4.69. The quantitative estimate of drug-likeness (QED) is 0.326. The molecule has 1 fully saturated rings. The molecule has 0 unspecified atom stereocenters. The molecular formula is C21H13F4N3O4. The molecule has 0 aliphatic carbocycles. The number of nitrogens with zero attached hydrogens (tertiary/aromatic N) is 1. The fourth-order valence-corrected chi connectivity index (χ4v) is 3.31. The average molecular weight is 447 g/mol. The van der Waals surface area contributed by atoms with Gasteiger partial charge in [-0.2, -0.15) is 8.78 Å². The number of amides is 3. The maximum atomic E-state index is 13.4. The summed E-state index contributed by atoms with van der Waals surface area (Å²) in [6.45, 7) is -3.44. The van der Waals surface area contributed by atoms with Crippen molar-refractivity contribution < 1.29 is 37.0 Å². The van der Waals surface area contributed by atoms with E-state index in [1.807, 2.05) is 5.32 Å². The van der Waals surface area contributed by atoms with Gasteiger partial charge in [0, 0.05) is 28.6 Å². The summed E-state index contributed by atoms with van der Waals surface area (Å²) in [7, 11) is 0. The first-order chi connectivity index (χ1) is 15.1. The van der Waals surface area contributed by atoms with Crippen LogP contribution in [0.4, 0.5) is 22.4 Å². The molecule has 1 saturated heterocycles. The van der Waals surface area contributed by atoms with Gasteiger partial charge in [0.15, 0.2) is 5.88 Å². The third-order valence-corrected chi connectivity index (χ3v) is 4.69. The number of rotatable bonds is 4. The zero-order valence-electron chi connectivity index (χ0n) is 16.0. The molecule has 32 heavy (non-hydrogen) atoms. The molecule has 3 N–H and O–H groups in total. The highest BCUT2D eigenvalue weighted by atomic mass is 19.3. The number of aromatic hydroxyl groups is 1. The zero-order chi connectivity index (χ0) is 23.0. The van der Waals surface area contributed by atoms with Crippen LogP contribution in [0.3, 0.4) is 0 Å². The van der Waals surface area contributed by atoms with Crippen molar-refractivity contribution in [3.05, 3.63) is 59.8 Å². The number of carbonyl (C=O) groups excluding carboxylic acids is 2. The Labute approximate surface area is 177 Å². The summed E-state index contributed by atoms with van der Waals surface area (Å²) in [5, 5.41) is 15.5. The summed E-state index contributed by atoms with van der Waals surface area (Å²) in [4.78, 5) is 24.3. The van der Waals surface area contributed by atoms with Crippen molar-refractivity contribution in [2.75, 3.05) is 0 Å². The number of carbonyl (C=O) groups is 2. The van der Waals surface area contributed by atoms with Crippen LogP contribution in [0, 0.1) is 23.5 Å². The number of alkyl halides is 2. The van der Waals surface area contributed by atoms with Crippen LogP contribution in [0.2, 0.25) is 0 Å². The SMILES string of the molecule is O=C1NC(=O)[C@](C#Cc2cc(F)cc(F)c2)(Cn2cc3ccc(OC(F)F)cc3c2O)N1. The molecule has 1 aromatic heterocycles. The van der Waals surface area contributed by atoms with Crippen LogP contribution in [0.25, 0.3) is 10.8 Å². The molecule has 0 bridgehead atoms. The first-order valence-electron chi connectivity index (χ1n) is 9.05. The minimum atomic E-state index is -3.06. The van der Waals surface area contributed by atoms with Gasteiger partial charge in [0.2, 0.25) is 5.54 Å². The van der Waals surface area contributed by atoms with Crippen LogP contribution in [-0.4, -0.2) is 33.8 Å². The smallest absolute Gasteiger partial charge is 0.387 e. The van der Waals surface area contributed by atoms with Crippen LogP contribution >= 0.6 is 0 Å². The minimum absolute atomic E-state index is 0.0773. The Balaban J connectivity index is 1.74. The molecule has 1 aliphatic heterocycles. The normalized spacial score (nSPS) is 17.8. The highest BCUT2D eigenvalue weighted by Crippen LogP contribution is 2.32. The van der Waals surface area contributed by atoms with E-state index in [9.17, 15) is 32.3 Å². The number of aromatic nitrogens is 1. The second-order valence-electron chi connectivity index (χ2n) is 6.93. The lowest BCUT2D eigenvalue weighted by atomic mass is 9.99. The van der Waals surface area contributed by atoms with E-state index in [0.717, 1.165) is 12.1 Å². The molecule has 0 spiro atoms. The van der Waals surface area contributed by atoms with Crippen molar-refractivity contribution in [3.63, 3.8) is 0 Å². The van der Waals surface area contributed by atoms with Gasteiger partial charge >= 0.3 is 12.6 Å². The van der Waals surface area contributed by atoms with Gasteiger partial charge in [-0.15, -0.1) is 0 Å². The molecule has 3 aromatic rings. The van der Waals surface area contributed by atoms with Gasteiger partial charge in [-0.25, -0.2) is 13.6 Å². The van der Waals surface area contributed by atoms with E-state index in [0.29, 0.717) is 11.5 Å². The molecule has 1 aliphatic rings. The number of ether oxygens (including phenoxy) is 1. The van der Waals surface area contributed by atoms with Crippen LogP contribution in [0.15, 0.2) is 42.6 Å². The number of urea groups is 1. The maximum Gasteiger partial charge on any atom is 0.387 e. The second-order valence-corrected chi connectivity index (χ2v) is 6.93. The largest absolute Gasteiger partial charge is 0.494 e. The van der Waals surface area contributed by atoms with Crippen LogP contribution < -0.4 is 15.4 Å². The van der Waals surface area contributed by atoms with Crippen molar-refractivity contribution in [1.29, 1.82) is 0 Å². The Morgan fingerprint density at radius 3 is 2.47 bits per heavy atom. The topological polar surface area (TPSA) is 92.6 Å². The highest BCUT2D eigenvalue weighted by Gasteiger charge is 2.46. The summed E-state index contributed by atoms with van der Waals surface area (Å²) in [5.41, 5.74) is -1.96. The van der Waals surface area contributed by atoms with Crippen LogP contribution in [-0.2, 0) is 11.3 Å². The summed E-state index contributed by atoms with van der Waals surface area (Å²) in [5.74, 6) is 1.81. The molecular weight excluding hydrogens is 434 g/mol. The summed E-state index contributed by atoms with van der Waals surface area (Å²) in [6.07, 6.45) is 1.42. The Morgan fingerprint density at radius 1 is 1.12 bits per heavy atom. The third kappa shape index (κ3) is 4.02. The highest BCUT2D eigenvalue weighted by molar-refractivity contribution is 6.09. The van der Waals surface area contributed by atoms with Gasteiger partial charge in [0.1, 0.15) is 17.4 Å². The van der Waals surface area contributed by atoms with Crippen LogP contribution in [0.5, 0.6) is 11.6 Å². The predicted octanol–water partition coefficient (Wildman–Crippen LogP) is 2.86. The van der Waals surface area contributed by atoms with E-state index in [-0.39, 0.29) is 23.2 Å². The van der Waals surface area contributed by atoms with Crippen molar-refractivity contribution >= 4 is 22.7 Å². The molecule has 164 valence electrons. The molecule has 7 nitrogen and oxygen atoms in total. The van der Waals surface area contributed by atoms with E-state index in [1.165, 1.54) is 29.0 Å². The van der Waals surface area contributed by atoms with Crippen molar-refractivity contribution in [2.45, 2.75) is 18.7 Å². The number of hydrogen-bond acceptors (Lipinski definition) is 4. The second kappa shape index (κ2) is 7.81. The number of hydrogen-bond donors (Lipinski definition) is 3. The maximum absolute atomic E-state index is 13.4. The van der Waals surface area contributed by atoms with Gasteiger partial charge in [-0.05, 0) is 30.3 Å². The number of benzene rings is 2. The Morgan fingerprint density at radius 2 is 1.84 bits per heavy atom. The van der Waals surface area contributed by atoms with E-state index in [1.54, 1.807) is 0 Å². The first-order valence-corrected chi connectivity index (χ1v) is 9.05. The summed E-state index contributed by atoms with van der Waals surface area (Å²) >= 11 is 0. The molecule has 2 aromatic carbocycles. The molecule has 4 rings (SSSR count). The zero-order valence-corrected chi connectivity index (χ0v) is 16.0. The fourth-order valence-electron chi connectivity index (χ4n) is 3.31. The Kier molecular flexibility index (Phi) is 5.14. The van der Waals surface area contributed by atoms with E-state index < -0.39 is 41.6 Å². The summed E-state index contributed by atoms with van der Waals surface area (Å²) < 4.78 is 57.3.